The summed E-state index contributed by atoms with van der Waals surface area (Å²) in [5.74, 6) is 0.937. The van der Waals surface area contributed by atoms with Crippen molar-refractivity contribution in [3.8, 4) is 0 Å². The van der Waals surface area contributed by atoms with E-state index in [2.05, 4.69) is 34.1 Å². The Balaban J connectivity index is 1.71. The molecular formula is C17H18N4. The van der Waals surface area contributed by atoms with Gasteiger partial charge in [0.2, 0.25) is 5.95 Å². The lowest BCUT2D eigenvalue weighted by molar-refractivity contribution is 0.747. The van der Waals surface area contributed by atoms with Crippen molar-refractivity contribution in [2.75, 3.05) is 17.2 Å². The zero-order valence-corrected chi connectivity index (χ0v) is 11.8. The number of aromatic amines is 1. The summed E-state index contributed by atoms with van der Waals surface area (Å²) in [6, 6.07) is 14.5. The molecule has 3 N–H and O–H groups in total. The van der Waals surface area contributed by atoms with Crippen LogP contribution >= 0.6 is 0 Å². The van der Waals surface area contributed by atoms with E-state index in [1.54, 1.807) is 0 Å². The van der Waals surface area contributed by atoms with Gasteiger partial charge in [-0.2, -0.15) is 0 Å². The topological polar surface area (TPSA) is 57.9 Å². The molecule has 0 saturated heterocycles. The van der Waals surface area contributed by atoms with Crippen molar-refractivity contribution >= 4 is 22.7 Å². The molecule has 4 heteroatoms. The van der Waals surface area contributed by atoms with E-state index in [0.29, 0.717) is 0 Å². The summed E-state index contributed by atoms with van der Waals surface area (Å²) in [4.78, 5) is 10.4. The van der Waals surface area contributed by atoms with Crippen LogP contribution in [0, 0.1) is 0 Å². The lowest BCUT2D eigenvalue weighted by Gasteiger charge is -2.19. The highest BCUT2D eigenvalue weighted by Crippen LogP contribution is 2.24. The molecule has 2 heterocycles. The SMILES string of the molecule is Nc1ccc2nc(N3CCCc4ccccc4C3)[nH]c2c1. The average molecular weight is 278 g/mol. The summed E-state index contributed by atoms with van der Waals surface area (Å²) in [6.45, 7) is 1.93. The van der Waals surface area contributed by atoms with Gasteiger partial charge in [-0.1, -0.05) is 24.3 Å². The number of hydrogen-bond acceptors (Lipinski definition) is 3. The number of nitrogen functional groups attached to an aromatic ring is 1. The monoisotopic (exact) mass is 278 g/mol. The predicted molar refractivity (Wildman–Crippen MR) is 86.3 cm³/mol. The van der Waals surface area contributed by atoms with Crippen molar-refractivity contribution in [1.82, 2.24) is 9.97 Å². The van der Waals surface area contributed by atoms with Crippen LogP contribution in [-0.2, 0) is 13.0 Å². The molecule has 0 fully saturated rings. The number of aromatic nitrogens is 2. The summed E-state index contributed by atoms with van der Waals surface area (Å²) in [5, 5.41) is 0. The van der Waals surface area contributed by atoms with Gasteiger partial charge in [-0.25, -0.2) is 4.98 Å². The number of nitrogens with zero attached hydrogens (tertiary/aromatic N) is 2. The maximum atomic E-state index is 5.84. The average Bonchev–Trinajstić information content (AvgIpc) is 2.78. The Labute approximate surface area is 123 Å². The van der Waals surface area contributed by atoms with Crippen molar-refractivity contribution < 1.29 is 0 Å². The van der Waals surface area contributed by atoms with Crippen molar-refractivity contribution in [2.45, 2.75) is 19.4 Å². The van der Waals surface area contributed by atoms with Crippen LogP contribution in [0.3, 0.4) is 0 Å². The van der Waals surface area contributed by atoms with E-state index in [9.17, 15) is 0 Å². The minimum Gasteiger partial charge on any atom is -0.399 e. The van der Waals surface area contributed by atoms with E-state index in [-0.39, 0.29) is 0 Å². The fraction of sp³-hybridized carbons (Fsp3) is 0.235. The first-order valence-electron chi connectivity index (χ1n) is 7.36. The third-order valence-electron chi connectivity index (χ3n) is 4.15. The molecule has 0 saturated carbocycles. The van der Waals surface area contributed by atoms with Gasteiger partial charge in [-0.05, 0) is 42.2 Å². The molecular weight excluding hydrogens is 260 g/mol. The van der Waals surface area contributed by atoms with Crippen molar-refractivity contribution in [2.24, 2.45) is 0 Å². The van der Waals surface area contributed by atoms with Gasteiger partial charge in [-0.3, -0.25) is 0 Å². The highest BCUT2D eigenvalue weighted by Gasteiger charge is 2.17. The van der Waals surface area contributed by atoms with E-state index in [1.807, 2.05) is 18.2 Å². The third-order valence-corrected chi connectivity index (χ3v) is 4.15. The number of imidazole rings is 1. The number of rotatable bonds is 1. The van der Waals surface area contributed by atoms with Gasteiger partial charge in [0.1, 0.15) is 0 Å². The molecule has 21 heavy (non-hydrogen) atoms. The van der Waals surface area contributed by atoms with Crippen molar-refractivity contribution in [3.63, 3.8) is 0 Å². The smallest absolute Gasteiger partial charge is 0.204 e. The summed E-state index contributed by atoms with van der Waals surface area (Å²) < 4.78 is 0. The maximum Gasteiger partial charge on any atom is 0.204 e. The molecule has 1 aromatic heterocycles. The number of anilines is 2. The minimum absolute atomic E-state index is 0.763. The Bertz CT molecular complexity index is 790. The van der Waals surface area contributed by atoms with Gasteiger partial charge in [0, 0.05) is 18.8 Å². The molecule has 4 rings (SSSR count). The first-order chi connectivity index (χ1) is 10.3. The fourth-order valence-corrected chi connectivity index (χ4v) is 3.05. The van der Waals surface area contributed by atoms with E-state index in [1.165, 1.54) is 11.1 Å². The van der Waals surface area contributed by atoms with Crippen LogP contribution in [0.5, 0.6) is 0 Å². The van der Waals surface area contributed by atoms with Crippen LogP contribution in [0.4, 0.5) is 11.6 Å². The summed E-state index contributed by atoms with van der Waals surface area (Å²) in [6.07, 6.45) is 2.29. The Morgan fingerprint density at radius 1 is 1.10 bits per heavy atom. The van der Waals surface area contributed by atoms with Crippen LogP contribution in [0.1, 0.15) is 17.5 Å². The van der Waals surface area contributed by atoms with Crippen LogP contribution < -0.4 is 10.6 Å². The minimum atomic E-state index is 0.763. The lowest BCUT2D eigenvalue weighted by atomic mass is 10.0. The zero-order chi connectivity index (χ0) is 14.2. The Hall–Kier alpha value is -2.49. The molecule has 0 bridgehead atoms. The third kappa shape index (κ3) is 2.23. The lowest BCUT2D eigenvalue weighted by Crippen LogP contribution is -2.23. The molecule has 1 aliphatic heterocycles. The number of aryl methyl sites for hydroxylation is 1. The molecule has 0 unspecified atom stereocenters. The van der Waals surface area contributed by atoms with Crippen molar-refractivity contribution in [1.29, 1.82) is 0 Å². The molecule has 106 valence electrons. The van der Waals surface area contributed by atoms with Crippen LogP contribution in [0.25, 0.3) is 11.0 Å². The largest absolute Gasteiger partial charge is 0.399 e. The Morgan fingerprint density at radius 3 is 2.86 bits per heavy atom. The van der Waals surface area contributed by atoms with E-state index >= 15 is 0 Å². The van der Waals surface area contributed by atoms with E-state index in [4.69, 9.17) is 10.7 Å². The molecule has 0 aliphatic carbocycles. The molecule has 1 aliphatic rings. The van der Waals surface area contributed by atoms with Crippen LogP contribution in [0.15, 0.2) is 42.5 Å². The zero-order valence-electron chi connectivity index (χ0n) is 11.8. The summed E-state index contributed by atoms with van der Waals surface area (Å²) in [7, 11) is 0. The van der Waals surface area contributed by atoms with Crippen LogP contribution in [0.2, 0.25) is 0 Å². The molecule has 0 atom stereocenters. The Morgan fingerprint density at radius 2 is 1.95 bits per heavy atom. The summed E-state index contributed by atoms with van der Waals surface area (Å²) in [5.41, 5.74) is 11.4. The number of hydrogen-bond donors (Lipinski definition) is 2. The molecule has 0 spiro atoms. The summed E-state index contributed by atoms with van der Waals surface area (Å²) >= 11 is 0. The number of nitrogens with one attached hydrogen (secondary N) is 1. The van der Waals surface area contributed by atoms with Gasteiger partial charge in [0.25, 0.3) is 0 Å². The highest BCUT2D eigenvalue weighted by atomic mass is 15.3. The Kier molecular flexibility index (Phi) is 2.81. The standard InChI is InChI=1S/C17H18N4/c18-14-7-8-15-16(10-14)20-17(19-15)21-9-3-6-12-4-1-2-5-13(12)11-21/h1-2,4-5,7-8,10H,3,6,9,11,18H2,(H,19,20). The van der Waals surface area contributed by atoms with Gasteiger partial charge in [-0.15, -0.1) is 0 Å². The second kappa shape index (κ2) is 4.81. The van der Waals surface area contributed by atoms with Crippen molar-refractivity contribution in [3.05, 3.63) is 53.6 Å². The predicted octanol–water partition coefficient (Wildman–Crippen LogP) is 3.10. The quantitative estimate of drug-likeness (QED) is 0.672. The highest BCUT2D eigenvalue weighted by molar-refractivity contribution is 5.80. The second-order valence-corrected chi connectivity index (χ2v) is 5.63. The van der Waals surface area contributed by atoms with Gasteiger partial charge >= 0.3 is 0 Å². The first kappa shape index (κ1) is 12.3. The van der Waals surface area contributed by atoms with Gasteiger partial charge < -0.3 is 15.6 Å². The number of fused-ring (bicyclic) bond motifs is 2. The van der Waals surface area contributed by atoms with E-state index in [0.717, 1.165) is 48.6 Å². The molecule has 2 aromatic carbocycles. The van der Waals surface area contributed by atoms with Gasteiger partial charge in [0.05, 0.1) is 11.0 Å². The maximum absolute atomic E-state index is 5.84. The molecule has 0 amide bonds. The van der Waals surface area contributed by atoms with E-state index < -0.39 is 0 Å². The number of H-pyrrole nitrogens is 1. The number of benzene rings is 2. The van der Waals surface area contributed by atoms with Gasteiger partial charge in [0.15, 0.2) is 0 Å². The fourth-order valence-electron chi connectivity index (χ4n) is 3.05. The molecule has 4 nitrogen and oxygen atoms in total. The normalized spacial score (nSPS) is 15.0. The molecule has 3 aromatic rings. The second-order valence-electron chi connectivity index (χ2n) is 5.63. The first-order valence-corrected chi connectivity index (χ1v) is 7.36. The van der Waals surface area contributed by atoms with Crippen LogP contribution in [-0.4, -0.2) is 16.5 Å². The molecule has 0 radical (unpaired) electrons. The number of nitrogens with two attached hydrogens (primary N) is 1.